The number of nitrogens with zero attached hydrogens (tertiary/aromatic N) is 2. The van der Waals surface area contributed by atoms with Gasteiger partial charge in [-0.1, -0.05) is 13.8 Å². The molecule has 0 aliphatic carbocycles. The fourth-order valence-electron chi connectivity index (χ4n) is 2.93. The summed E-state index contributed by atoms with van der Waals surface area (Å²) in [5, 5.41) is 3.67. The van der Waals surface area contributed by atoms with E-state index in [0.29, 0.717) is 18.0 Å². The summed E-state index contributed by atoms with van der Waals surface area (Å²) in [6, 6.07) is 1.22. The number of hydrogen-bond donors (Lipinski definition) is 1. The summed E-state index contributed by atoms with van der Waals surface area (Å²) in [6.07, 6.45) is 4.22. The number of nitrogens with one attached hydrogen (secondary N) is 1. The Labute approximate surface area is 116 Å². The monoisotopic (exact) mass is 265 g/mol. The van der Waals surface area contributed by atoms with Crippen molar-refractivity contribution in [1.29, 1.82) is 0 Å². The molecule has 0 radical (unpaired) electrons. The molecule has 1 aliphatic heterocycles. The number of hydrogen-bond acceptors (Lipinski definition) is 4. The predicted molar refractivity (Wildman–Crippen MR) is 77.0 cm³/mol. The van der Waals surface area contributed by atoms with Gasteiger partial charge in [0.1, 0.15) is 5.76 Å². The highest BCUT2D eigenvalue weighted by Crippen LogP contribution is 2.25. The van der Waals surface area contributed by atoms with E-state index in [4.69, 9.17) is 4.42 Å². The molecule has 3 unspecified atom stereocenters. The molecule has 1 N–H and O–H groups in total. The Morgan fingerprint density at radius 1 is 1.47 bits per heavy atom. The molecular formula is C15H27N3O. The zero-order valence-electron chi connectivity index (χ0n) is 12.6. The van der Waals surface area contributed by atoms with Crippen molar-refractivity contribution in [2.24, 2.45) is 5.92 Å². The van der Waals surface area contributed by atoms with E-state index in [0.717, 1.165) is 31.3 Å². The van der Waals surface area contributed by atoms with Crippen LogP contribution in [-0.4, -0.2) is 35.1 Å². The van der Waals surface area contributed by atoms with Crippen LogP contribution in [0.25, 0.3) is 0 Å². The van der Waals surface area contributed by atoms with Crippen LogP contribution in [-0.2, 0) is 6.54 Å². The Bertz CT molecular complexity index is 390. The van der Waals surface area contributed by atoms with Crippen LogP contribution in [0.15, 0.2) is 10.6 Å². The number of aryl methyl sites for hydroxylation is 1. The van der Waals surface area contributed by atoms with Gasteiger partial charge in [-0.3, -0.25) is 4.90 Å². The zero-order valence-corrected chi connectivity index (χ0v) is 12.6. The van der Waals surface area contributed by atoms with E-state index >= 15 is 0 Å². The van der Waals surface area contributed by atoms with Crippen molar-refractivity contribution >= 4 is 0 Å². The summed E-state index contributed by atoms with van der Waals surface area (Å²) in [5.74, 6) is 2.41. The minimum absolute atomic E-state index is 0.565. The summed E-state index contributed by atoms with van der Waals surface area (Å²) in [5.41, 5.74) is 0. The van der Waals surface area contributed by atoms with E-state index in [9.17, 15) is 0 Å². The molecule has 4 nitrogen and oxygen atoms in total. The molecule has 0 amide bonds. The fourth-order valence-corrected chi connectivity index (χ4v) is 2.93. The Morgan fingerprint density at radius 2 is 2.26 bits per heavy atom. The van der Waals surface area contributed by atoms with E-state index in [-0.39, 0.29) is 0 Å². The summed E-state index contributed by atoms with van der Waals surface area (Å²) >= 11 is 0. The van der Waals surface area contributed by atoms with Gasteiger partial charge in [0.2, 0.25) is 5.89 Å². The molecule has 3 atom stereocenters. The molecule has 2 rings (SSSR count). The maximum Gasteiger partial charge on any atom is 0.208 e. The van der Waals surface area contributed by atoms with Crippen molar-refractivity contribution < 1.29 is 4.42 Å². The summed E-state index contributed by atoms with van der Waals surface area (Å²) in [6.45, 7) is 11.9. The van der Waals surface area contributed by atoms with Crippen molar-refractivity contribution in [3.8, 4) is 0 Å². The van der Waals surface area contributed by atoms with Crippen LogP contribution in [0, 0.1) is 12.8 Å². The average molecular weight is 265 g/mol. The van der Waals surface area contributed by atoms with Crippen molar-refractivity contribution in [2.45, 2.75) is 59.2 Å². The molecule has 0 bridgehead atoms. The summed E-state index contributed by atoms with van der Waals surface area (Å²) in [4.78, 5) is 6.80. The van der Waals surface area contributed by atoms with E-state index in [1.807, 2.05) is 6.92 Å². The number of likely N-dealkylation sites (tertiary alicyclic amines) is 1. The van der Waals surface area contributed by atoms with Crippen LogP contribution >= 0.6 is 0 Å². The lowest BCUT2D eigenvalue weighted by atomic mass is 9.87. The standard InChI is InChI=1S/C15H27N3O/c1-5-7-16-14-6-8-18(13(4)12(14)3)10-15-17-9-11(2)19-15/h9,12-14,16H,5-8,10H2,1-4H3. The predicted octanol–water partition coefficient (Wildman–Crippen LogP) is 2.58. The maximum atomic E-state index is 5.59. The largest absolute Gasteiger partial charge is 0.445 e. The van der Waals surface area contributed by atoms with Crippen molar-refractivity contribution in [2.75, 3.05) is 13.1 Å². The third-order valence-corrected chi connectivity index (χ3v) is 4.36. The van der Waals surface area contributed by atoms with E-state index in [1.54, 1.807) is 6.20 Å². The van der Waals surface area contributed by atoms with Crippen molar-refractivity contribution in [3.63, 3.8) is 0 Å². The molecule has 1 aromatic rings. The first-order valence-electron chi connectivity index (χ1n) is 7.50. The molecule has 108 valence electrons. The molecule has 19 heavy (non-hydrogen) atoms. The summed E-state index contributed by atoms with van der Waals surface area (Å²) < 4.78 is 5.59. The third kappa shape index (κ3) is 3.57. The van der Waals surface area contributed by atoms with Crippen molar-refractivity contribution in [1.82, 2.24) is 15.2 Å². The van der Waals surface area contributed by atoms with Gasteiger partial charge in [-0.25, -0.2) is 4.98 Å². The second-order valence-corrected chi connectivity index (χ2v) is 5.78. The molecule has 0 spiro atoms. The Balaban J connectivity index is 1.91. The van der Waals surface area contributed by atoms with Gasteiger partial charge in [-0.2, -0.15) is 0 Å². The lowest BCUT2D eigenvalue weighted by molar-refractivity contribution is 0.0707. The number of piperidine rings is 1. The highest BCUT2D eigenvalue weighted by Gasteiger charge is 2.32. The van der Waals surface area contributed by atoms with E-state index < -0.39 is 0 Å². The molecule has 0 saturated carbocycles. The smallest absolute Gasteiger partial charge is 0.208 e. The van der Waals surface area contributed by atoms with Gasteiger partial charge in [0.05, 0.1) is 12.7 Å². The highest BCUT2D eigenvalue weighted by atomic mass is 16.4. The molecule has 1 aromatic heterocycles. The average Bonchev–Trinajstić information content (AvgIpc) is 2.80. The molecule has 1 fully saturated rings. The maximum absolute atomic E-state index is 5.59. The quantitative estimate of drug-likeness (QED) is 0.888. The second kappa shape index (κ2) is 6.53. The molecule has 1 saturated heterocycles. The first-order chi connectivity index (χ1) is 9.11. The second-order valence-electron chi connectivity index (χ2n) is 5.78. The molecular weight excluding hydrogens is 238 g/mol. The Morgan fingerprint density at radius 3 is 2.89 bits per heavy atom. The van der Waals surface area contributed by atoms with Gasteiger partial charge in [-0.05, 0) is 39.2 Å². The molecule has 4 heteroatoms. The minimum Gasteiger partial charge on any atom is -0.445 e. The zero-order chi connectivity index (χ0) is 13.8. The van der Waals surface area contributed by atoms with Gasteiger partial charge in [0.15, 0.2) is 0 Å². The first kappa shape index (κ1) is 14.5. The highest BCUT2D eigenvalue weighted by molar-refractivity contribution is 4.94. The number of oxazole rings is 1. The Kier molecular flexibility index (Phi) is 4.99. The van der Waals surface area contributed by atoms with Crippen LogP contribution in [0.1, 0.15) is 45.3 Å². The van der Waals surface area contributed by atoms with Crippen LogP contribution in [0.3, 0.4) is 0 Å². The minimum atomic E-state index is 0.565. The van der Waals surface area contributed by atoms with Gasteiger partial charge < -0.3 is 9.73 Å². The van der Waals surface area contributed by atoms with E-state index in [1.165, 1.54) is 12.8 Å². The topological polar surface area (TPSA) is 41.3 Å². The normalized spacial score (nSPS) is 28.7. The first-order valence-corrected chi connectivity index (χ1v) is 7.50. The molecule has 2 heterocycles. The molecule has 0 aromatic carbocycles. The lowest BCUT2D eigenvalue weighted by Crippen LogP contribution is -2.53. The number of aromatic nitrogens is 1. The SMILES string of the molecule is CCCNC1CCN(Cc2ncc(C)o2)C(C)C1C. The van der Waals surface area contributed by atoms with Crippen LogP contribution in [0.4, 0.5) is 0 Å². The van der Waals surface area contributed by atoms with Gasteiger partial charge in [-0.15, -0.1) is 0 Å². The van der Waals surface area contributed by atoms with Crippen LogP contribution < -0.4 is 5.32 Å². The summed E-state index contributed by atoms with van der Waals surface area (Å²) in [7, 11) is 0. The fraction of sp³-hybridized carbons (Fsp3) is 0.800. The van der Waals surface area contributed by atoms with Crippen LogP contribution in [0.5, 0.6) is 0 Å². The van der Waals surface area contributed by atoms with Gasteiger partial charge in [0.25, 0.3) is 0 Å². The molecule has 1 aliphatic rings. The Hall–Kier alpha value is -0.870. The van der Waals surface area contributed by atoms with E-state index in [2.05, 4.69) is 36.0 Å². The number of rotatable bonds is 5. The lowest BCUT2D eigenvalue weighted by Gasteiger charge is -2.42. The third-order valence-electron chi connectivity index (χ3n) is 4.36. The van der Waals surface area contributed by atoms with Crippen molar-refractivity contribution in [3.05, 3.63) is 17.8 Å². The van der Waals surface area contributed by atoms with Gasteiger partial charge in [0, 0.05) is 18.6 Å². The van der Waals surface area contributed by atoms with Crippen LogP contribution in [0.2, 0.25) is 0 Å². The van der Waals surface area contributed by atoms with Gasteiger partial charge >= 0.3 is 0 Å².